The molecule has 1 aliphatic carbocycles. The van der Waals surface area contributed by atoms with Crippen molar-refractivity contribution in [2.45, 2.75) is 45.6 Å². The number of Topliss-reactive ketones (excluding diaryl/α,β-unsaturated/α-hetero) is 1. The number of nitrogens with zero attached hydrogens (tertiary/aromatic N) is 1. The lowest BCUT2D eigenvalue weighted by atomic mass is 9.80. The van der Waals surface area contributed by atoms with Crippen LogP contribution in [0.4, 0.5) is 0 Å². The molecule has 3 rings (SSSR count). The van der Waals surface area contributed by atoms with Crippen LogP contribution in [0.3, 0.4) is 0 Å². The molecule has 0 saturated heterocycles. The fourth-order valence-corrected chi connectivity index (χ4v) is 4.54. The van der Waals surface area contributed by atoms with E-state index in [2.05, 4.69) is 11.2 Å². The van der Waals surface area contributed by atoms with Gasteiger partial charge in [-0.15, -0.1) is 11.8 Å². The molecule has 0 amide bonds. The molecule has 1 aromatic carbocycles. The summed E-state index contributed by atoms with van der Waals surface area (Å²) in [4.78, 5) is 18.4. The van der Waals surface area contributed by atoms with E-state index >= 15 is 0 Å². The largest absolute Gasteiger partial charge is 0.511 e. The number of carbonyl (C=O) groups excluding carboxylic acids is 1. The highest BCUT2D eigenvalue weighted by Crippen LogP contribution is 2.35. The Morgan fingerprint density at radius 3 is 2.74 bits per heavy atom. The van der Waals surface area contributed by atoms with Crippen molar-refractivity contribution in [2.24, 2.45) is 11.1 Å². The maximum Gasteiger partial charge on any atom is 0.168 e. The van der Waals surface area contributed by atoms with Crippen molar-refractivity contribution in [3.63, 3.8) is 0 Å². The number of rotatable bonds is 9. The molecule has 5 nitrogen and oxygen atoms in total. The van der Waals surface area contributed by atoms with Gasteiger partial charge in [-0.1, -0.05) is 47.8 Å². The van der Waals surface area contributed by atoms with Gasteiger partial charge in [0, 0.05) is 23.6 Å². The van der Waals surface area contributed by atoms with Gasteiger partial charge >= 0.3 is 0 Å². The number of aliphatic hydroxyl groups is 1. The van der Waals surface area contributed by atoms with Gasteiger partial charge in [0.2, 0.25) is 0 Å². The molecule has 31 heavy (non-hydrogen) atoms. The molecule has 0 fully saturated rings. The summed E-state index contributed by atoms with van der Waals surface area (Å²) in [5.41, 5.74) is 2.03. The Bertz CT molecular complexity index is 905. The molecule has 0 radical (unpaired) electrons. The average molecular weight is 462 g/mol. The van der Waals surface area contributed by atoms with Gasteiger partial charge in [-0.05, 0) is 48.9 Å². The highest BCUT2D eigenvalue weighted by molar-refractivity contribution is 8.02. The van der Waals surface area contributed by atoms with Gasteiger partial charge in [0.1, 0.15) is 17.6 Å². The number of hydrogen-bond donors (Lipinski definition) is 1. The fraction of sp³-hybridized carbons (Fsp3) is 0.417. The van der Waals surface area contributed by atoms with Gasteiger partial charge in [-0.25, -0.2) is 0 Å². The Morgan fingerprint density at radius 1 is 1.32 bits per heavy atom. The van der Waals surface area contributed by atoms with E-state index in [0.717, 1.165) is 12.2 Å². The zero-order valence-corrected chi connectivity index (χ0v) is 19.4. The molecule has 1 heterocycles. The highest BCUT2D eigenvalue weighted by atomic mass is 35.5. The number of carbonyl (C=O) groups is 1. The van der Waals surface area contributed by atoms with Gasteiger partial charge in [0.05, 0.1) is 11.3 Å². The molecule has 2 atom stereocenters. The average Bonchev–Trinajstić information content (AvgIpc) is 2.75. The van der Waals surface area contributed by atoms with Crippen LogP contribution in [0.25, 0.3) is 0 Å². The summed E-state index contributed by atoms with van der Waals surface area (Å²) < 4.78 is 5.79. The minimum absolute atomic E-state index is 0.0466. The lowest BCUT2D eigenvalue weighted by molar-refractivity contribution is -0.116. The SMILES string of the molecule is CCCC(=NOCC(C)Oc1ccc(Cl)cc1)C1=C(O)CC(C2=CC=CSC2)CC1=O. The molecule has 7 heteroatoms. The first-order valence-corrected chi connectivity index (χ1v) is 11.9. The summed E-state index contributed by atoms with van der Waals surface area (Å²) in [7, 11) is 0. The predicted molar refractivity (Wildman–Crippen MR) is 127 cm³/mol. The number of allylic oxidation sites excluding steroid dienone is 4. The topological polar surface area (TPSA) is 68.1 Å². The molecule has 1 N–H and O–H groups in total. The molecule has 0 aromatic heterocycles. The number of halogens is 1. The predicted octanol–water partition coefficient (Wildman–Crippen LogP) is 6.26. The maximum atomic E-state index is 12.9. The number of thioether (sulfide) groups is 1. The highest BCUT2D eigenvalue weighted by Gasteiger charge is 2.32. The van der Waals surface area contributed by atoms with E-state index < -0.39 is 0 Å². The summed E-state index contributed by atoms with van der Waals surface area (Å²) in [5.74, 6) is 1.64. The third-order valence-corrected chi connectivity index (χ3v) is 6.21. The second-order valence-electron chi connectivity index (χ2n) is 7.70. The molecule has 0 spiro atoms. The summed E-state index contributed by atoms with van der Waals surface area (Å²) in [6, 6.07) is 7.11. The fourth-order valence-electron chi connectivity index (χ4n) is 3.60. The van der Waals surface area contributed by atoms with E-state index in [1.54, 1.807) is 36.0 Å². The van der Waals surface area contributed by atoms with Gasteiger partial charge in [0.15, 0.2) is 12.4 Å². The molecular weight excluding hydrogens is 434 g/mol. The van der Waals surface area contributed by atoms with Crippen molar-refractivity contribution < 1.29 is 19.5 Å². The number of ketones is 1. The van der Waals surface area contributed by atoms with Crippen molar-refractivity contribution in [3.8, 4) is 5.75 Å². The van der Waals surface area contributed by atoms with E-state index in [4.69, 9.17) is 21.2 Å². The van der Waals surface area contributed by atoms with Crippen LogP contribution in [0.1, 0.15) is 39.5 Å². The second kappa shape index (κ2) is 11.4. The van der Waals surface area contributed by atoms with E-state index in [9.17, 15) is 9.90 Å². The van der Waals surface area contributed by atoms with Crippen molar-refractivity contribution in [1.82, 2.24) is 0 Å². The van der Waals surface area contributed by atoms with Gasteiger partial charge in [0.25, 0.3) is 0 Å². The first kappa shape index (κ1) is 23.5. The first-order chi connectivity index (χ1) is 15.0. The maximum absolute atomic E-state index is 12.9. The smallest absolute Gasteiger partial charge is 0.168 e. The van der Waals surface area contributed by atoms with Crippen molar-refractivity contribution >= 4 is 34.9 Å². The summed E-state index contributed by atoms with van der Waals surface area (Å²) >= 11 is 7.60. The van der Waals surface area contributed by atoms with Crippen LogP contribution < -0.4 is 4.74 Å². The normalized spacial score (nSPS) is 20.5. The molecule has 2 aliphatic rings. The van der Waals surface area contributed by atoms with Crippen LogP contribution in [0.2, 0.25) is 5.02 Å². The number of oxime groups is 1. The number of benzene rings is 1. The standard InChI is InChI=1S/C24H28ClNO4S/c1-3-5-21(26-29-14-16(2)30-20-9-7-19(25)8-10-20)24-22(27)12-18(13-23(24)28)17-6-4-11-31-15-17/h4,6-11,16,18,27H,3,5,12-15H2,1-2H3. The van der Waals surface area contributed by atoms with Gasteiger partial charge in [-0.3, -0.25) is 4.79 Å². The lowest BCUT2D eigenvalue weighted by Crippen LogP contribution is -2.26. The zero-order chi connectivity index (χ0) is 22.2. The summed E-state index contributed by atoms with van der Waals surface area (Å²) in [5, 5.41) is 17.6. The minimum Gasteiger partial charge on any atom is -0.511 e. The third-order valence-electron chi connectivity index (χ3n) is 5.11. The Morgan fingerprint density at radius 2 is 2.10 bits per heavy atom. The van der Waals surface area contributed by atoms with Crippen LogP contribution in [-0.4, -0.2) is 35.1 Å². The molecule has 0 saturated carbocycles. The second-order valence-corrected chi connectivity index (χ2v) is 9.03. The molecule has 166 valence electrons. The molecule has 1 aliphatic heterocycles. The Hall–Kier alpha value is -2.18. The quantitative estimate of drug-likeness (QED) is 0.347. The molecule has 1 aromatic rings. The van der Waals surface area contributed by atoms with Crippen molar-refractivity contribution in [1.29, 1.82) is 0 Å². The number of aliphatic hydroxyl groups excluding tert-OH is 1. The van der Waals surface area contributed by atoms with E-state index in [1.165, 1.54) is 5.57 Å². The lowest BCUT2D eigenvalue weighted by Gasteiger charge is -2.26. The Kier molecular flexibility index (Phi) is 8.67. The van der Waals surface area contributed by atoms with E-state index in [0.29, 0.717) is 41.3 Å². The molecular formula is C24H28ClNO4S. The summed E-state index contributed by atoms with van der Waals surface area (Å²) in [6.07, 6.45) is 6.00. The third kappa shape index (κ3) is 6.65. The number of hydrogen-bond acceptors (Lipinski definition) is 6. The number of ether oxygens (including phenoxy) is 1. The minimum atomic E-state index is -0.245. The van der Waals surface area contributed by atoms with Crippen LogP contribution in [0.15, 0.2) is 63.9 Å². The van der Waals surface area contributed by atoms with Crippen LogP contribution in [0.5, 0.6) is 5.75 Å². The Balaban J connectivity index is 1.65. The van der Waals surface area contributed by atoms with E-state index in [-0.39, 0.29) is 30.2 Å². The van der Waals surface area contributed by atoms with E-state index in [1.807, 2.05) is 25.3 Å². The summed E-state index contributed by atoms with van der Waals surface area (Å²) in [6.45, 7) is 4.10. The van der Waals surface area contributed by atoms with Gasteiger partial charge < -0.3 is 14.7 Å². The van der Waals surface area contributed by atoms with Crippen molar-refractivity contribution in [2.75, 3.05) is 12.4 Å². The zero-order valence-electron chi connectivity index (χ0n) is 17.8. The van der Waals surface area contributed by atoms with Crippen LogP contribution >= 0.6 is 23.4 Å². The Labute approximate surface area is 192 Å². The molecule has 2 unspecified atom stereocenters. The van der Waals surface area contributed by atoms with Crippen LogP contribution in [-0.2, 0) is 9.63 Å². The monoisotopic (exact) mass is 461 g/mol. The van der Waals surface area contributed by atoms with Gasteiger partial charge in [-0.2, -0.15) is 0 Å². The first-order valence-electron chi connectivity index (χ1n) is 10.5. The van der Waals surface area contributed by atoms with Crippen LogP contribution in [0, 0.1) is 5.92 Å². The molecule has 0 bridgehead atoms. The van der Waals surface area contributed by atoms with Crippen molar-refractivity contribution in [3.05, 3.63) is 63.8 Å².